The van der Waals surface area contributed by atoms with Crippen LogP contribution in [0.4, 0.5) is 0 Å². The van der Waals surface area contributed by atoms with Gasteiger partial charge in [0.05, 0.1) is 12.1 Å². The molecule has 0 unspecified atom stereocenters. The molecular formula is C24H31N5O6. The van der Waals surface area contributed by atoms with Gasteiger partial charge in [0.1, 0.15) is 23.6 Å². The Kier molecular flexibility index (Phi) is 7.95. The van der Waals surface area contributed by atoms with Crippen LogP contribution < -0.4 is 22.5 Å². The number of aliphatic hydroxyl groups is 1. The molecule has 0 saturated carbocycles. The van der Waals surface area contributed by atoms with Crippen molar-refractivity contribution >= 4 is 17.7 Å². The molecule has 3 rings (SSSR count). The molecule has 0 aliphatic carbocycles. The van der Waals surface area contributed by atoms with Crippen molar-refractivity contribution in [3.8, 4) is 22.6 Å². The number of hydrogen-bond donors (Lipinski definition) is 7. The number of nitrogens with two attached hydrogens (primary N) is 3. The second-order valence-corrected chi connectivity index (χ2v) is 8.76. The zero-order chi connectivity index (χ0) is 25.9. The van der Waals surface area contributed by atoms with Crippen LogP contribution in [0.1, 0.15) is 17.5 Å². The molecular weight excluding hydrogens is 454 g/mol. The van der Waals surface area contributed by atoms with E-state index in [1.807, 2.05) is 0 Å². The standard InChI is InChI=1S/C24H31N5O6/c1-29-19(22(27)33)9-15-7-13(3-5-21(15)32)12-2-4-20(31)14(6-12)8-17(26)23(34)28-18(24(29)35)10-16(30)11-25/h2-7,16-19,30-32H,8-11,25-26H2,1H3,(H2,27,33)(H,28,34)/t16-,17+,18+,19+/m1/s1. The molecule has 1 aliphatic rings. The normalized spacial score (nSPS) is 22.1. The van der Waals surface area contributed by atoms with E-state index in [-0.39, 0.29) is 37.3 Å². The first-order valence-corrected chi connectivity index (χ1v) is 11.2. The van der Waals surface area contributed by atoms with Crippen LogP contribution in [0.5, 0.6) is 11.5 Å². The van der Waals surface area contributed by atoms with E-state index in [4.69, 9.17) is 17.2 Å². The van der Waals surface area contributed by atoms with Crippen LogP contribution in [0.15, 0.2) is 36.4 Å². The van der Waals surface area contributed by atoms with Gasteiger partial charge in [-0.2, -0.15) is 0 Å². The monoisotopic (exact) mass is 485 g/mol. The molecule has 4 bridgehead atoms. The number of aromatic hydroxyl groups is 2. The van der Waals surface area contributed by atoms with Crippen LogP contribution in [-0.4, -0.2) is 75.8 Å². The Hall–Kier alpha value is -3.67. The van der Waals surface area contributed by atoms with Crippen molar-refractivity contribution in [2.24, 2.45) is 17.2 Å². The maximum absolute atomic E-state index is 13.3. The maximum Gasteiger partial charge on any atom is 0.245 e. The fourth-order valence-corrected chi connectivity index (χ4v) is 4.09. The molecule has 2 aromatic carbocycles. The zero-order valence-electron chi connectivity index (χ0n) is 19.3. The molecule has 0 fully saturated rings. The SMILES string of the molecule is CN1C(=O)[C@H](C[C@@H](O)CN)NC(=O)[C@@H](N)Cc2cc(ccc2O)-c2ccc(O)c(c2)C[C@H]1C(N)=O. The van der Waals surface area contributed by atoms with Gasteiger partial charge in [0.2, 0.25) is 17.7 Å². The number of fused-ring (bicyclic) bond motifs is 5. The van der Waals surface area contributed by atoms with Gasteiger partial charge < -0.3 is 42.7 Å². The Bertz CT molecular complexity index is 1120. The van der Waals surface area contributed by atoms with Gasteiger partial charge in [-0.15, -0.1) is 0 Å². The molecule has 11 heteroatoms. The Morgan fingerprint density at radius 3 is 2.14 bits per heavy atom. The molecule has 1 heterocycles. The van der Waals surface area contributed by atoms with E-state index < -0.39 is 42.0 Å². The lowest BCUT2D eigenvalue weighted by Crippen LogP contribution is -2.57. The van der Waals surface area contributed by atoms with Crippen molar-refractivity contribution < 1.29 is 29.7 Å². The highest BCUT2D eigenvalue weighted by Gasteiger charge is 2.34. The predicted octanol–water partition coefficient (Wildman–Crippen LogP) is -1.30. The highest BCUT2D eigenvalue weighted by atomic mass is 16.3. The third-order valence-electron chi connectivity index (χ3n) is 6.22. The van der Waals surface area contributed by atoms with E-state index in [9.17, 15) is 29.7 Å². The Labute approximate surface area is 202 Å². The fraction of sp³-hybridized carbons (Fsp3) is 0.375. The van der Waals surface area contributed by atoms with Gasteiger partial charge in [0.15, 0.2) is 0 Å². The number of rotatable bonds is 4. The first-order valence-electron chi connectivity index (χ1n) is 11.2. The van der Waals surface area contributed by atoms with Gasteiger partial charge in [0.25, 0.3) is 0 Å². The third kappa shape index (κ3) is 5.88. The minimum Gasteiger partial charge on any atom is -0.508 e. The van der Waals surface area contributed by atoms with Gasteiger partial charge in [-0.3, -0.25) is 14.4 Å². The van der Waals surface area contributed by atoms with Gasteiger partial charge >= 0.3 is 0 Å². The molecule has 10 N–H and O–H groups in total. The molecule has 0 spiro atoms. The van der Waals surface area contributed by atoms with E-state index in [1.165, 1.54) is 19.2 Å². The molecule has 188 valence electrons. The van der Waals surface area contributed by atoms with E-state index in [1.54, 1.807) is 24.3 Å². The van der Waals surface area contributed by atoms with Crippen molar-refractivity contribution in [1.29, 1.82) is 0 Å². The highest BCUT2D eigenvalue weighted by Crippen LogP contribution is 2.31. The summed E-state index contributed by atoms with van der Waals surface area (Å²) in [4.78, 5) is 39.6. The minimum absolute atomic E-state index is 0.0312. The average molecular weight is 486 g/mol. The highest BCUT2D eigenvalue weighted by molar-refractivity contribution is 5.93. The molecule has 3 amide bonds. The first kappa shape index (κ1) is 25.9. The van der Waals surface area contributed by atoms with Gasteiger partial charge in [-0.25, -0.2) is 0 Å². The van der Waals surface area contributed by atoms with Crippen LogP contribution in [0.2, 0.25) is 0 Å². The second kappa shape index (κ2) is 10.7. The summed E-state index contributed by atoms with van der Waals surface area (Å²) in [6.45, 7) is -0.157. The number of nitrogens with zero attached hydrogens (tertiary/aromatic N) is 1. The summed E-state index contributed by atoms with van der Waals surface area (Å²) in [5.41, 5.74) is 19.3. The number of likely N-dealkylation sites (N-methyl/N-ethyl adjacent to an activating group) is 1. The fourth-order valence-electron chi connectivity index (χ4n) is 4.09. The number of primary amides is 1. The number of nitrogens with one attached hydrogen (secondary N) is 1. The zero-order valence-corrected chi connectivity index (χ0v) is 19.3. The molecule has 2 aromatic rings. The van der Waals surface area contributed by atoms with E-state index in [2.05, 4.69) is 5.32 Å². The lowest BCUT2D eigenvalue weighted by Gasteiger charge is -2.31. The summed E-state index contributed by atoms with van der Waals surface area (Å²) in [5, 5.41) is 33.4. The smallest absolute Gasteiger partial charge is 0.245 e. The Morgan fingerprint density at radius 2 is 1.63 bits per heavy atom. The third-order valence-corrected chi connectivity index (χ3v) is 6.22. The maximum atomic E-state index is 13.3. The van der Waals surface area contributed by atoms with Crippen molar-refractivity contribution in [3.05, 3.63) is 47.5 Å². The lowest BCUT2D eigenvalue weighted by molar-refractivity contribution is -0.141. The molecule has 0 radical (unpaired) electrons. The number of aliphatic hydroxyl groups excluding tert-OH is 1. The van der Waals surface area contributed by atoms with Gasteiger partial charge in [-0.1, -0.05) is 12.1 Å². The van der Waals surface area contributed by atoms with Crippen molar-refractivity contribution in [2.45, 2.75) is 43.5 Å². The van der Waals surface area contributed by atoms with Crippen LogP contribution in [0.3, 0.4) is 0 Å². The number of amides is 3. The van der Waals surface area contributed by atoms with Gasteiger partial charge in [-0.05, 0) is 46.5 Å². The molecule has 0 saturated heterocycles. The predicted molar refractivity (Wildman–Crippen MR) is 128 cm³/mol. The first-order chi connectivity index (χ1) is 16.5. The number of carbonyl (C=O) groups is 3. The molecule has 4 atom stereocenters. The number of phenols is 2. The van der Waals surface area contributed by atoms with Crippen LogP contribution in [-0.2, 0) is 27.2 Å². The number of benzene rings is 2. The van der Waals surface area contributed by atoms with E-state index >= 15 is 0 Å². The van der Waals surface area contributed by atoms with E-state index in [0.717, 1.165) is 4.90 Å². The summed E-state index contributed by atoms with van der Waals surface area (Å²) in [6.07, 6.45) is -1.45. The second-order valence-electron chi connectivity index (χ2n) is 8.76. The summed E-state index contributed by atoms with van der Waals surface area (Å²) in [7, 11) is 1.35. The minimum atomic E-state index is -1.25. The molecule has 11 nitrogen and oxygen atoms in total. The lowest BCUT2D eigenvalue weighted by atomic mass is 9.95. The van der Waals surface area contributed by atoms with Crippen LogP contribution >= 0.6 is 0 Å². The quantitative estimate of drug-likeness (QED) is 0.276. The van der Waals surface area contributed by atoms with Crippen molar-refractivity contribution in [2.75, 3.05) is 13.6 Å². The summed E-state index contributed by atoms with van der Waals surface area (Å²) in [6, 6.07) is 6.09. The largest absolute Gasteiger partial charge is 0.508 e. The van der Waals surface area contributed by atoms with Crippen molar-refractivity contribution in [1.82, 2.24) is 10.2 Å². The topological polar surface area (TPSA) is 205 Å². The number of carbonyl (C=O) groups excluding carboxylic acids is 3. The van der Waals surface area contributed by atoms with Crippen LogP contribution in [0.25, 0.3) is 11.1 Å². The van der Waals surface area contributed by atoms with Crippen molar-refractivity contribution in [3.63, 3.8) is 0 Å². The summed E-state index contributed by atoms with van der Waals surface area (Å²) < 4.78 is 0. The Balaban J connectivity index is 2.14. The molecule has 1 aliphatic heterocycles. The molecule has 0 aromatic heterocycles. The number of phenolic OH excluding ortho intramolecular Hbond substituents is 2. The van der Waals surface area contributed by atoms with Gasteiger partial charge in [0, 0.05) is 32.9 Å². The Morgan fingerprint density at radius 1 is 1.09 bits per heavy atom. The summed E-state index contributed by atoms with van der Waals surface area (Å²) in [5.74, 6) is -2.33. The van der Waals surface area contributed by atoms with E-state index in [0.29, 0.717) is 22.3 Å². The molecule has 35 heavy (non-hydrogen) atoms. The summed E-state index contributed by atoms with van der Waals surface area (Å²) >= 11 is 0. The number of hydrogen-bond acceptors (Lipinski definition) is 8. The average Bonchev–Trinajstić information content (AvgIpc) is 2.82. The van der Waals surface area contributed by atoms with Crippen LogP contribution in [0, 0.1) is 0 Å².